The highest BCUT2D eigenvalue weighted by molar-refractivity contribution is 7.99. The lowest BCUT2D eigenvalue weighted by Crippen LogP contribution is -2.03. The van der Waals surface area contributed by atoms with Gasteiger partial charge in [0.05, 0.1) is 0 Å². The van der Waals surface area contributed by atoms with Gasteiger partial charge < -0.3 is 5.73 Å². The molecule has 0 radical (unpaired) electrons. The smallest absolute Gasteiger partial charge is 0.0200 e. The Morgan fingerprint density at radius 3 is 2.93 bits per heavy atom. The lowest BCUT2D eigenvalue weighted by Gasteiger charge is -2.05. The molecule has 1 nitrogen and oxygen atoms in total. The van der Waals surface area contributed by atoms with Gasteiger partial charge in [-0.3, -0.25) is 0 Å². The number of hydrogen-bond acceptors (Lipinski definition) is 2. The van der Waals surface area contributed by atoms with Gasteiger partial charge >= 0.3 is 0 Å². The molecule has 15 heavy (non-hydrogen) atoms. The Morgan fingerprint density at radius 1 is 1.33 bits per heavy atom. The second kappa shape index (κ2) is 4.86. The lowest BCUT2D eigenvalue weighted by molar-refractivity contribution is 0.911. The van der Waals surface area contributed by atoms with Gasteiger partial charge in [0.25, 0.3) is 0 Å². The van der Waals surface area contributed by atoms with E-state index in [0.717, 1.165) is 11.3 Å². The summed E-state index contributed by atoms with van der Waals surface area (Å²) < 4.78 is 0. The largest absolute Gasteiger partial charge is 0.327 e. The standard InChI is InChI=1S/C13H17NS/c1-10(8-14)9-15-13-6-5-11-3-2-4-12(11)7-13/h5-7H,1-4,8-9,14H2. The van der Waals surface area contributed by atoms with Gasteiger partial charge in [0.15, 0.2) is 0 Å². The first kappa shape index (κ1) is 10.8. The summed E-state index contributed by atoms with van der Waals surface area (Å²) >= 11 is 1.84. The molecule has 2 N–H and O–H groups in total. The number of aryl methyl sites for hydroxylation is 2. The predicted molar refractivity (Wildman–Crippen MR) is 67.4 cm³/mol. The van der Waals surface area contributed by atoms with Crippen LogP contribution in [0.2, 0.25) is 0 Å². The minimum Gasteiger partial charge on any atom is -0.327 e. The van der Waals surface area contributed by atoms with Crippen LogP contribution in [0.25, 0.3) is 0 Å². The Balaban J connectivity index is 2.01. The van der Waals surface area contributed by atoms with Crippen LogP contribution in [0, 0.1) is 0 Å². The Bertz CT molecular complexity index is 371. The molecule has 1 aliphatic rings. The maximum atomic E-state index is 5.51. The SMILES string of the molecule is C=C(CN)CSc1ccc2c(c1)CCC2. The van der Waals surface area contributed by atoms with Crippen LogP contribution >= 0.6 is 11.8 Å². The summed E-state index contributed by atoms with van der Waals surface area (Å²) in [5, 5.41) is 0. The molecule has 0 unspecified atom stereocenters. The van der Waals surface area contributed by atoms with Gasteiger partial charge in [-0.15, -0.1) is 11.8 Å². The highest BCUT2D eigenvalue weighted by atomic mass is 32.2. The van der Waals surface area contributed by atoms with E-state index in [1.54, 1.807) is 5.56 Å². The minimum atomic E-state index is 0.595. The van der Waals surface area contributed by atoms with E-state index in [0.29, 0.717) is 6.54 Å². The van der Waals surface area contributed by atoms with Gasteiger partial charge in [-0.1, -0.05) is 18.2 Å². The fraction of sp³-hybridized carbons (Fsp3) is 0.385. The molecule has 0 aromatic heterocycles. The van der Waals surface area contributed by atoms with Crippen LogP contribution in [0.5, 0.6) is 0 Å². The number of hydrogen-bond donors (Lipinski definition) is 1. The van der Waals surface area contributed by atoms with Crippen molar-refractivity contribution in [2.24, 2.45) is 5.73 Å². The van der Waals surface area contributed by atoms with Crippen molar-refractivity contribution in [1.82, 2.24) is 0 Å². The lowest BCUT2D eigenvalue weighted by atomic mass is 10.1. The fourth-order valence-corrected chi connectivity index (χ4v) is 2.76. The summed E-state index contributed by atoms with van der Waals surface area (Å²) in [5.74, 6) is 0.940. The topological polar surface area (TPSA) is 26.0 Å². The second-order valence-electron chi connectivity index (χ2n) is 4.03. The molecule has 1 aromatic carbocycles. The van der Waals surface area contributed by atoms with E-state index in [1.807, 2.05) is 11.8 Å². The molecule has 0 heterocycles. The van der Waals surface area contributed by atoms with E-state index >= 15 is 0 Å². The summed E-state index contributed by atoms with van der Waals surface area (Å²) in [4.78, 5) is 1.35. The monoisotopic (exact) mass is 219 g/mol. The number of fused-ring (bicyclic) bond motifs is 1. The summed E-state index contributed by atoms with van der Waals surface area (Å²) in [6.45, 7) is 4.51. The van der Waals surface area contributed by atoms with E-state index in [1.165, 1.54) is 29.7 Å². The zero-order chi connectivity index (χ0) is 10.7. The molecular weight excluding hydrogens is 202 g/mol. The van der Waals surface area contributed by atoms with Crippen LogP contribution in [0.4, 0.5) is 0 Å². The van der Waals surface area contributed by atoms with E-state index in [-0.39, 0.29) is 0 Å². The number of benzene rings is 1. The van der Waals surface area contributed by atoms with E-state index < -0.39 is 0 Å². The Labute approximate surface area is 95.8 Å². The predicted octanol–water partition coefficient (Wildman–Crippen LogP) is 2.78. The van der Waals surface area contributed by atoms with Gasteiger partial charge in [0.1, 0.15) is 0 Å². The first-order chi connectivity index (χ1) is 7.29. The summed E-state index contributed by atoms with van der Waals surface area (Å²) in [6, 6.07) is 6.82. The molecule has 2 rings (SSSR count). The van der Waals surface area contributed by atoms with Crippen LogP contribution in [0.3, 0.4) is 0 Å². The molecule has 0 aliphatic heterocycles. The molecule has 80 valence electrons. The Morgan fingerprint density at radius 2 is 2.13 bits per heavy atom. The summed E-state index contributed by atoms with van der Waals surface area (Å²) in [6.07, 6.45) is 3.83. The normalized spacial score (nSPS) is 13.9. The molecule has 0 fully saturated rings. The molecule has 0 amide bonds. The van der Waals surface area contributed by atoms with Crippen LogP contribution in [-0.2, 0) is 12.8 Å². The van der Waals surface area contributed by atoms with Gasteiger partial charge in [-0.2, -0.15) is 0 Å². The van der Waals surface area contributed by atoms with Crippen molar-refractivity contribution in [3.63, 3.8) is 0 Å². The molecule has 1 aliphatic carbocycles. The maximum Gasteiger partial charge on any atom is 0.0200 e. The van der Waals surface area contributed by atoms with Crippen molar-refractivity contribution in [1.29, 1.82) is 0 Å². The average Bonchev–Trinajstić information content (AvgIpc) is 2.72. The number of rotatable bonds is 4. The van der Waals surface area contributed by atoms with Crippen LogP contribution < -0.4 is 5.73 Å². The van der Waals surface area contributed by atoms with Gasteiger partial charge in [-0.05, 0) is 42.5 Å². The molecule has 1 aromatic rings. The summed E-state index contributed by atoms with van der Waals surface area (Å²) in [5.41, 5.74) is 9.70. The zero-order valence-electron chi connectivity index (χ0n) is 8.96. The van der Waals surface area contributed by atoms with E-state index in [9.17, 15) is 0 Å². The molecule has 0 saturated heterocycles. The van der Waals surface area contributed by atoms with Gasteiger partial charge in [0, 0.05) is 17.2 Å². The molecule has 2 heteroatoms. The Hall–Kier alpha value is -0.730. The highest BCUT2D eigenvalue weighted by Gasteiger charge is 2.10. The summed E-state index contributed by atoms with van der Waals surface area (Å²) in [7, 11) is 0. The molecule has 0 spiro atoms. The highest BCUT2D eigenvalue weighted by Crippen LogP contribution is 2.28. The molecular formula is C13H17NS. The Kier molecular flexibility index (Phi) is 3.49. The van der Waals surface area contributed by atoms with Crippen molar-refractivity contribution in [3.05, 3.63) is 41.5 Å². The van der Waals surface area contributed by atoms with Crippen LogP contribution in [0.1, 0.15) is 17.5 Å². The zero-order valence-corrected chi connectivity index (χ0v) is 9.78. The molecule has 0 saturated carbocycles. The second-order valence-corrected chi connectivity index (χ2v) is 5.08. The van der Waals surface area contributed by atoms with Crippen molar-refractivity contribution in [2.45, 2.75) is 24.2 Å². The van der Waals surface area contributed by atoms with E-state index in [4.69, 9.17) is 5.73 Å². The van der Waals surface area contributed by atoms with Crippen molar-refractivity contribution in [2.75, 3.05) is 12.3 Å². The third kappa shape index (κ3) is 2.64. The number of nitrogens with two attached hydrogens (primary N) is 1. The first-order valence-electron chi connectivity index (χ1n) is 5.41. The van der Waals surface area contributed by atoms with E-state index in [2.05, 4.69) is 24.8 Å². The van der Waals surface area contributed by atoms with Gasteiger partial charge in [-0.25, -0.2) is 0 Å². The van der Waals surface area contributed by atoms with Crippen molar-refractivity contribution in [3.8, 4) is 0 Å². The van der Waals surface area contributed by atoms with Crippen LogP contribution in [-0.4, -0.2) is 12.3 Å². The van der Waals surface area contributed by atoms with Crippen molar-refractivity contribution >= 4 is 11.8 Å². The average molecular weight is 219 g/mol. The molecule has 0 atom stereocenters. The van der Waals surface area contributed by atoms with Crippen molar-refractivity contribution < 1.29 is 0 Å². The first-order valence-corrected chi connectivity index (χ1v) is 6.39. The third-order valence-corrected chi connectivity index (χ3v) is 3.94. The third-order valence-electron chi connectivity index (χ3n) is 2.80. The minimum absolute atomic E-state index is 0.595. The maximum absolute atomic E-state index is 5.51. The quantitative estimate of drug-likeness (QED) is 0.622. The van der Waals surface area contributed by atoms with Crippen LogP contribution in [0.15, 0.2) is 35.2 Å². The fourth-order valence-electron chi connectivity index (χ4n) is 1.88. The molecule has 0 bridgehead atoms. The number of thioether (sulfide) groups is 1. The van der Waals surface area contributed by atoms with Gasteiger partial charge in [0.2, 0.25) is 0 Å².